The lowest BCUT2D eigenvalue weighted by Crippen LogP contribution is -2.41. The van der Waals surface area contributed by atoms with Crippen molar-refractivity contribution in [1.29, 1.82) is 0 Å². The Balaban J connectivity index is 2.52. The number of carbonyl (C=O) groups excluding carboxylic acids is 1. The summed E-state index contributed by atoms with van der Waals surface area (Å²) in [5, 5.41) is 24.2. The second-order valence-corrected chi connectivity index (χ2v) is 6.15. The Kier molecular flexibility index (Phi) is 9.19. The predicted molar refractivity (Wildman–Crippen MR) is 93.3 cm³/mol. The smallest absolute Gasteiger partial charge is 0.141 e. The molecule has 0 aliphatic rings. The zero-order valence-corrected chi connectivity index (χ0v) is 14.8. The molecule has 1 atom stereocenters. The first-order chi connectivity index (χ1) is 11.4. The first-order valence-electron chi connectivity index (χ1n) is 8.56. The molecule has 0 aliphatic carbocycles. The third-order valence-electron chi connectivity index (χ3n) is 3.56. The van der Waals surface area contributed by atoms with Gasteiger partial charge in [0.15, 0.2) is 0 Å². The number of hydrogen-bond donors (Lipinski definition) is 2. The molecule has 24 heavy (non-hydrogen) atoms. The van der Waals surface area contributed by atoms with Crippen molar-refractivity contribution < 1.29 is 19.7 Å². The van der Waals surface area contributed by atoms with Crippen molar-refractivity contribution in [2.45, 2.75) is 52.2 Å². The quantitative estimate of drug-likeness (QED) is 0.601. The van der Waals surface area contributed by atoms with Crippen LogP contribution < -0.4 is 20.1 Å². The van der Waals surface area contributed by atoms with Crippen molar-refractivity contribution in [3.05, 3.63) is 24.3 Å². The van der Waals surface area contributed by atoms with Gasteiger partial charge < -0.3 is 30.0 Å². The molecule has 6 nitrogen and oxygen atoms in total. The van der Waals surface area contributed by atoms with Crippen molar-refractivity contribution in [1.82, 2.24) is 5.32 Å². The highest BCUT2D eigenvalue weighted by Gasteiger charge is 2.09. The van der Waals surface area contributed by atoms with Gasteiger partial charge in [-0.2, -0.15) is 0 Å². The van der Waals surface area contributed by atoms with E-state index in [2.05, 4.69) is 12.2 Å². The van der Waals surface area contributed by atoms with Crippen LogP contribution in [0.2, 0.25) is 0 Å². The van der Waals surface area contributed by atoms with Crippen molar-refractivity contribution in [2.24, 2.45) is 0 Å². The first kappa shape index (κ1) is 20.3. The second-order valence-electron chi connectivity index (χ2n) is 6.15. The van der Waals surface area contributed by atoms with Crippen LogP contribution in [-0.4, -0.2) is 43.0 Å². The van der Waals surface area contributed by atoms with E-state index in [1.807, 2.05) is 13.8 Å². The molecule has 1 unspecified atom stereocenters. The van der Waals surface area contributed by atoms with Crippen molar-refractivity contribution in [2.75, 3.05) is 24.6 Å². The standard InChI is InChI=1S/C18H30N2O4/c1-4-5-6-11-20(18(22)23)15-7-9-17(10-8-15)24-13-16(21)12-19-14(2)3/h7-10,14,16,19,21H,4-6,11-13H2,1-3H3,(H,22,23)/p-1. The molecule has 0 fully saturated rings. The van der Waals surface area contributed by atoms with Gasteiger partial charge in [0, 0.05) is 24.8 Å². The molecule has 0 spiro atoms. The Morgan fingerprint density at radius 2 is 1.96 bits per heavy atom. The number of aliphatic hydroxyl groups is 1. The van der Waals surface area contributed by atoms with Crippen LogP contribution in [0, 0.1) is 0 Å². The molecule has 0 saturated carbocycles. The van der Waals surface area contributed by atoms with Gasteiger partial charge in [-0.1, -0.05) is 33.6 Å². The normalized spacial score (nSPS) is 12.2. The summed E-state index contributed by atoms with van der Waals surface area (Å²) in [7, 11) is 0. The van der Waals surface area contributed by atoms with Crippen LogP contribution in [0.4, 0.5) is 10.5 Å². The topological polar surface area (TPSA) is 84.9 Å². The maximum Gasteiger partial charge on any atom is 0.141 e. The maximum absolute atomic E-state index is 11.3. The molecule has 2 N–H and O–H groups in total. The highest BCUT2D eigenvalue weighted by atomic mass is 16.5. The Hall–Kier alpha value is -1.79. The summed E-state index contributed by atoms with van der Waals surface area (Å²) in [6.07, 6.45) is 1.02. The van der Waals surface area contributed by atoms with Gasteiger partial charge in [0.2, 0.25) is 0 Å². The van der Waals surface area contributed by atoms with Gasteiger partial charge in [0.05, 0.1) is 0 Å². The number of carbonyl (C=O) groups is 1. The molecular formula is C18H29N2O4-. The Labute approximate surface area is 144 Å². The van der Waals surface area contributed by atoms with Gasteiger partial charge in [0.1, 0.15) is 24.6 Å². The molecule has 0 aromatic heterocycles. The van der Waals surface area contributed by atoms with E-state index in [0.717, 1.165) is 19.3 Å². The number of ether oxygens (including phenoxy) is 1. The molecule has 1 amide bonds. The number of anilines is 1. The van der Waals surface area contributed by atoms with Crippen LogP contribution in [0.15, 0.2) is 24.3 Å². The second kappa shape index (κ2) is 10.9. The number of carboxylic acid groups (broad SMARTS) is 1. The number of benzene rings is 1. The number of nitrogens with zero attached hydrogens (tertiary/aromatic N) is 1. The fraction of sp³-hybridized carbons (Fsp3) is 0.611. The summed E-state index contributed by atoms with van der Waals surface area (Å²) in [5.74, 6) is 0.592. The Morgan fingerprint density at radius 1 is 1.29 bits per heavy atom. The summed E-state index contributed by atoms with van der Waals surface area (Å²) < 4.78 is 5.52. The van der Waals surface area contributed by atoms with E-state index >= 15 is 0 Å². The minimum absolute atomic E-state index is 0.180. The van der Waals surface area contributed by atoms with Crippen LogP contribution >= 0.6 is 0 Å². The van der Waals surface area contributed by atoms with Gasteiger partial charge in [-0.25, -0.2) is 0 Å². The van der Waals surface area contributed by atoms with Gasteiger partial charge >= 0.3 is 0 Å². The van der Waals surface area contributed by atoms with E-state index in [-0.39, 0.29) is 6.61 Å². The minimum atomic E-state index is -1.20. The van der Waals surface area contributed by atoms with E-state index in [9.17, 15) is 15.0 Å². The van der Waals surface area contributed by atoms with Gasteiger partial charge in [-0.15, -0.1) is 0 Å². The molecule has 0 heterocycles. The highest BCUT2D eigenvalue weighted by molar-refractivity contribution is 5.84. The van der Waals surface area contributed by atoms with Crippen LogP contribution in [0.3, 0.4) is 0 Å². The van der Waals surface area contributed by atoms with Crippen LogP contribution in [0.25, 0.3) is 0 Å². The van der Waals surface area contributed by atoms with Crippen molar-refractivity contribution in [3.63, 3.8) is 0 Å². The first-order valence-corrected chi connectivity index (χ1v) is 8.56. The molecule has 1 aromatic rings. The lowest BCUT2D eigenvalue weighted by molar-refractivity contribution is -0.246. The maximum atomic E-state index is 11.3. The van der Waals surface area contributed by atoms with E-state index in [1.54, 1.807) is 24.3 Å². The lowest BCUT2D eigenvalue weighted by atomic mass is 10.2. The predicted octanol–water partition coefficient (Wildman–Crippen LogP) is 1.76. The average molecular weight is 337 g/mol. The van der Waals surface area contributed by atoms with E-state index in [4.69, 9.17) is 4.74 Å². The summed E-state index contributed by atoms with van der Waals surface area (Å²) >= 11 is 0. The number of aliphatic hydroxyl groups excluding tert-OH is 1. The number of amides is 1. The number of nitrogens with one attached hydrogen (secondary N) is 1. The Morgan fingerprint density at radius 3 is 2.50 bits per heavy atom. The van der Waals surface area contributed by atoms with Crippen LogP contribution in [0.1, 0.15) is 40.0 Å². The molecule has 136 valence electrons. The molecule has 6 heteroatoms. The summed E-state index contributed by atoms with van der Waals surface area (Å²) in [4.78, 5) is 12.5. The van der Waals surface area contributed by atoms with Gasteiger partial charge in [-0.05, 0) is 30.7 Å². The molecule has 1 aromatic carbocycles. The average Bonchev–Trinajstić information content (AvgIpc) is 2.55. The molecule has 0 bridgehead atoms. The third kappa shape index (κ3) is 7.66. The summed E-state index contributed by atoms with van der Waals surface area (Å²) in [5.41, 5.74) is 0.570. The Bertz CT molecular complexity index is 476. The van der Waals surface area contributed by atoms with Gasteiger partial charge in [0.25, 0.3) is 0 Å². The largest absolute Gasteiger partial charge is 0.530 e. The monoisotopic (exact) mass is 337 g/mol. The fourth-order valence-electron chi connectivity index (χ4n) is 2.19. The zero-order chi connectivity index (χ0) is 17.9. The van der Waals surface area contributed by atoms with Crippen molar-refractivity contribution >= 4 is 11.8 Å². The van der Waals surface area contributed by atoms with Crippen molar-refractivity contribution in [3.8, 4) is 5.75 Å². The van der Waals surface area contributed by atoms with Gasteiger partial charge in [-0.3, -0.25) is 0 Å². The third-order valence-corrected chi connectivity index (χ3v) is 3.56. The molecule has 0 aliphatic heterocycles. The molecule has 1 rings (SSSR count). The van der Waals surface area contributed by atoms with Crippen LogP contribution in [0.5, 0.6) is 5.75 Å². The fourth-order valence-corrected chi connectivity index (χ4v) is 2.19. The number of hydrogen-bond acceptors (Lipinski definition) is 5. The number of rotatable bonds is 11. The SMILES string of the molecule is CCCCCN(C(=O)[O-])c1ccc(OCC(O)CNC(C)C)cc1. The van der Waals surface area contributed by atoms with E-state index in [0.29, 0.717) is 30.6 Å². The highest BCUT2D eigenvalue weighted by Crippen LogP contribution is 2.20. The lowest BCUT2D eigenvalue weighted by Gasteiger charge is -2.25. The minimum Gasteiger partial charge on any atom is -0.530 e. The number of unbranched alkanes of at least 4 members (excludes halogenated alkanes) is 2. The van der Waals surface area contributed by atoms with Crippen LogP contribution in [-0.2, 0) is 0 Å². The summed E-state index contributed by atoms with van der Waals surface area (Å²) in [6, 6.07) is 7.09. The van der Waals surface area contributed by atoms with E-state index < -0.39 is 12.2 Å². The molecular weight excluding hydrogens is 308 g/mol. The summed E-state index contributed by atoms with van der Waals surface area (Å²) in [6.45, 7) is 7.16. The zero-order valence-electron chi connectivity index (χ0n) is 14.8. The molecule has 0 radical (unpaired) electrons. The molecule has 0 saturated heterocycles. The van der Waals surface area contributed by atoms with E-state index in [1.165, 1.54) is 4.90 Å².